The topological polar surface area (TPSA) is 46.2 Å². The fraction of sp³-hybridized carbons (Fsp3) is 0.500. The Labute approximate surface area is 102 Å². The second-order valence-electron chi connectivity index (χ2n) is 4.29. The van der Waals surface area contributed by atoms with Crippen LogP contribution in [0.4, 0.5) is 4.39 Å². The zero-order chi connectivity index (χ0) is 11.4. The van der Waals surface area contributed by atoms with Gasteiger partial charge >= 0.3 is 0 Å². The number of rotatable bonds is 4. The third-order valence-electron chi connectivity index (χ3n) is 2.34. The molecule has 4 heteroatoms. The fourth-order valence-corrected chi connectivity index (χ4v) is 1.61. The molecule has 92 valence electrons. The second kappa shape index (κ2) is 6.84. The monoisotopic (exact) mass is 247 g/mol. The van der Waals surface area contributed by atoms with E-state index in [9.17, 15) is 9.50 Å². The molecule has 0 aromatic heterocycles. The lowest BCUT2D eigenvalue weighted by Crippen LogP contribution is -2.29. The van der Waals surface area contributed by atoms with Gasteiger partial charge in [0.2, 0.25) is 0 Å². The van der Waals surface area contributed by atoms with Gasteiger partial charge in [-0.1, -0.05) is 26.0 Å². The Hall–Kier alpha value is -0.640. The molecular formula is C12H19ClFNO. The third kappa shape index (κ3) is 4.47. The molecule has 0 fully saturated rings. The minimum atomic E-state index is -0.789. The molecule has 0 aliphatic rings. The molecular weight excluding hydrogens is 229 g/mol. The van der Waals surface area contributed by atoms with Gasteiger partial charge in [-0.15, -0.1) is 12.4 Å². The minimum Gasteiger partial charge on any atom is -0.387 e. The van der Waals surface area contributed by atoms with Crippen LogP contribution in [-0.4, -0.2) is 11.1 Å². The first-order valence-electron chi connectivity index (χ1n) is 5.20. The first kappa shape index (κ1) is 15.4. The van der Waals surface area contributed by atoms with Crippen molar-refractivity contribution in [2.24, 2.45) is 11.7 Å². The van der Waals surface area contributed by atoms with Crippen LogP contribution in [0, 0.1) is 11.7 Å². The van der Waals surface area contributed by atoms with Gasteiger partial charge in [0.25, 0.3) is 0 Å². The molecule has 0 aliphatic heterocycles. The van der Waals surface area contributed by atoms with Crippen molar-refractivity contribution in [1.29, 1.82) is 0 Å². The van der Waals surface area contributed by atoms with Crippen LogP contribution in [0.3, 0.4) is 0 Å². The van der Waals surface area contributed by atoms with Crippen molar-refractivity contribution in [2.45, 2.75) is 32.4 Å². The lowest BCUT2D eigenvalue weighted by atomic mass is 9.95. The molecule has 1 unspecified atom stereocenters. The Bertz CT molecular complexity index is 320. The van der Waals surface area contributed by atoms with E-state index in [1.165, 1.54) is 12.1 Å². The van der Waals surface area contributed by atoms with E-state index in [1.54, 1.807) is 12.1 Å². The lowest BCUT2D eigenvalue weighted by Gasteiger charge is -2.20. The number of nitrogens with two attached hydrogens (primary N) is 1. The molecule has 1 rings (SSSR count). The van der Waals surface area contributed by atoms with Crippen LogP contribution in [0.25, 0.3) is 0 Å². The van der Waals surface area contributed by atoms with Gasteiger partial charge in [0.15, 0.2) is 0 Å². The summed E-state index contributed by atoms with van der Waals surface area (Å²) in [6.07, 6.45) is -0.0689. The molecule has 2 nitrogen and oxygen atoms in total. The molecule has 0 amide bonds. The number of benzene rings is 1. The summed E-state index contributed by atoms with van der Waals surface area (Å²) in [6, 6.07) is 5.60. The lowest BCUT2D eigenvalue weighted by molar-refractivity contribution is 0.135. The molecule has 1 aromatic carbocycles. The van der Waals surface area contributed by atoms with Crippen LogP contribution < -0.4 is 5.73 Å². The van der Waals surface area contributed by atoms with Crippen molar-refractivity contribution in [3.63, 3.8) is 0 Å². The summed E-state index contributed by atoms with van der Waals surface area (Å²) in [5.41, 5.74) is 6.37. The predicted octanol–water partition coefficient (Wildman–Crippen LogP) is 2.65. The number of aliphatic hydroxyl groups is 1. The van der Waals surface area contributed by atoms with Crippen LogP contribution in [0.1, 0.15) is 31.9 Å². The van der Waals surface area contributed by atoms with E-state index in [-0.39, 0.29) is 24.3 Å². The van der Waals surface area contributed by atoms with Crippen LogP contribution >= 0.6 is 12.4 Å². The molecule has 2 atom stereocenters. The Morgan fingerprint density at radius 2 is 2.00 bits per heavy atom. The molecule has 0 spiro atoms. The number of hydrogen-bond acceptors (Lipinski definition) is 2. The van der Waals surface area contributed by atoms with Gasteiger partial charge < -0.3 is 10.8 Å². The van der Waals surface area contributed by atoms with Crippen LogP contribution in [-0.2, 0) is 0 Å². The highest BCUT2D eigenvalue weighted by Gasteiger charge is 2.18. The van der Waals surface area contributed by atoms with Crippen molar-refractivity contribution in [2.75, 3.05) is 0 Å². The maximum absolute atomic E-state index is 12.9. The molecule has 0 heterocycles. The first-order valence-corrected chi connectivity index (χ1v) is 5.20. The van der Waals surface area contributed by atoms with Crippen molar-refractivity contribution in [3.8, 4) is 0 Å². The molecule has 16 heavy (non-hydrogen) atoms. The van der Waals surface area contributed by atoms with Gasteiger partial charge in [-0.25, -0.2) is 4.39 Å². The summed E-state index contributed by atoms with van der Waals surface area (Å²) in [4.78, 5) is 0. The second-order valence-corrected chi connectivity index (χ2v) is 4.29. The normalized spacial score (nSPS) is 14.4. The zero-order valence-electron chi connectivity index (χ0n) is 9.56. The maximum Gasteiger partial charge on any atom is 0.123 e. The molecule has 3 N–H and O–H groups in total. The Morgan fingerprint density at radius 1 is 1.38 bits per heavy atom. The average molecular weight is 248 g/mol. The largest absolute Gasteiger partial charge is 0.387 e. The Morgan fingerprint density at radius 3 is 2.50 bits per heavy atom. The highest BCUT2D eigenvalue weighted by Crippen LogP contribution is 2.20. The van der Waals surface area contributed by atoms with Crippen LogP contribution in [0.5, 0.6) is 0 Å². The molecule has 0 aliphatic carbocycles. The van der Waals surface area contributed by atoms with E-state index in [4.69, 9.17) is 5.73 Å². The Kier molecular flexibility index (Phi) is 6.56. The summed E-state index contributed by atoms with van der Waals surface area (Å²) in [5.74, 6) is 0.0755. The standard InChI is InChI=1S/C12H18FNO.ClH/c1-8(2)6-11(14)12(15)9-4-3-5-10(13)7-9;/h3-5,7-8,11-12,15H,6,14H2,1-2H3;1H/t11-,12?;/m0./s1. The van der Waals surface area contributed by atoms with Gasteiger partial charge in [0.05, 0.1) is 6.10 Å². The number of aliphatic hydroxyl groups excluding tert-OH is 1. The van der Waals surface area contributed by atoms with Gasteiger partial charge in [-0.05, 0) is 30.0 Å². The summed E-state index contributed by atoms with van der Waals surface area (Å²) >= 11 is 0. The summed E-state index contributed by atoms with van der Waals surface area (Å²) in [5, 5.41) is 9.87. The number of hydrogen-bond donors (Lipinski definition) is 2. The fourth-order valence-electron chi connectivity index (χ4n) is 1.61. The quantitative estimate of drug-likeness (QED) is 0.859. The zero-order valence-corrected chi connectivity index (χ0v) is 10.4. The van der Waals surface area contributed by atoms with Crippen molar-refractivity contribution in [1.82, 2.24) is 0 Å². The van der Waals surface area contributed by atoms with Crippen molar-refractivity contribution in [3.05, 3.63) is 35.6 Å². The van der Waals surface area contributed by atoms with E-state index >= 15 is 0 Å². The molecule has 0 saturated carbocycles. The first-order chi connectivity index (χ1) is 7.00. The van der Waals surface area contributed by atoms with Crippen LogP contribution in [0.2, 0.25) is 0 Å². The Balaban J connectivity index is 0.00000225. The van der Waals surface area contributed by atoms with Gasteiger partial charge in [-0.2, -0.15) is 0 Å². The van der Waals surface area contributed by atoms with E-state index in [1.807, 2.05) is 13.8 Å². The van der Waals surface area contributed by atoms with Crippen molar-refractivity contribution < 1.29 is 9.50 Å². The minimum absolute atomic E-state index is 0. The van der Waals surface area contributed by atoms with E-state index in [2.05, 4.69) is 0 Å². The van der Waals surface area contributed by atoms with Gasteiger partial charge in [-0.3, -0.25) is 0 Å². The summed E-state index contributed by atoms with van der Waals surface area (Å²) in [6.45, 7) is 4.08. The van der Waals surface area contributed by atoms with Gasteiger partial charge in [0, 0.05) is 6.04 Å². The summed E-state index contributed by atoms with van der Waals surface area (Å²) < 4.78 is 12.9. The van der Waals surface area contributed by atoms with E-state index < -0.39 is 6.10 Å². The number of halogens is 2. The smallest absolute Gasteiger partial charge is 0.123 e. The average Bonchev–Trinajstić information content (AvgIpc) is 2.15. The highest BCUT2D eigenvalue weighted by molar-refractivity contribution is 5.85. The van der Waals surface area contributed by atoms with Crippen LogP contribution in [0.15, 0.2) is 24.3 Å². The summed E-state index contributed by atoms with van der Waals surface area (Å²) in [7, 11) is 0. The molecule has 0 bridgehead atoms. The molecule has 1 aromatic rings. The molecule has 0 radical (unpaired) electrons. The van der Waals surface area contributed by atoms with Crippen molar-refractivity contribution >= 4 is 12.4 Å². The highest BCUT2D eigenvalue weighted by atomic mass is 35.5. The van der Waals surface area contributed by atoms with E-state index in [0.29, 0.717) is 11.5 Å². The predicted molar refractivity (Wildman–Crippen MR) is 66.0 cm³/mol. The maximum atomic E-state index is 12.9. The third-order valence-corrected chi connectivity index (χ3v) is 2.34. The SMILES string of the molecule is CC(C)C[C@H](N)C(O)c1cccc(F)c1.Cl. The molecule has 0 saturated heterocycles. The van der Waals surface area contributed by atoms with Gasteiger partial charge in [0.1, 0.15) is 5.82 Å². The van der Waals surface area contributed by atoms with E-state index in [0.717, 1.165) is 6.42 Å².